The van der Waals surface area contributed by atoms with Gasteiger partial charge in [0.05, 0.1) is 16.8 Å². The predicted octanol–water partition coefficient (Wildman–Crippen LogP) is 7.27. The highest BCUT2D eigenvalue weighted by atomic mass is 79.9. The van der Waals surface area contributed by atoms with Crippen molar-refractivity contribution in [1.82, 2.24) is 5.01 Å². The second-order valence-corrected chi connectivity index (χ2v) is 9.98. The van der Waals surface area contributed by atoms with Crippen LogP contribution in [0, 0.1) is 0 Å². The number of Topliss-reactive ketones (excluding diaryl/α,β-unsaturated/α-hetero) is 1. The van der Waals surface area contributed by atoms with E-state index in [0.29, 0.717) is 27.8 Å². The molecule has 2 aliphatic heterocycles. The van der Waals surface area contributed by atoms with Gasteiger partial charge in [0, 0.05) is 31.5 Å². The third-order valence-corrected chi connectivity index (χ3v) is 6.89. The number of hydrogen-bond acceptors (Lipinski definition) is 4. The van der Waals surface area contributed by atoms with Crippen LogP contribution in [-0.2, 0) is 0 Å². The van der Waals surface area contributed by atoms with E-state index in [1.54, 1.807) is 23.2 Å². The molecule has 4 nitrogen and oxygen atoms in total. The van der Waals surface area contributed by atoms with Crippen LogP contribution in [0.25, 0.3) is 0 Å². The van der Waals surface area contributed by atoms with Crippen LogP contribution in [0.2, 0.25) is 10.0 Å². The van der Waals surface area contributed by atoms with E-state index in [9.17, 15) is 4.79 Å². The van der Waals surface area contributed by atoms with Gasteiger partial charge in [0.2, 0.25) is 5.78 Å². The largest absolute Gasteiger partial charge is 0.459 e. The van der Waals surface area contributed by atoms with E-state index in [1.807, 2.05) is 42.5 Å². The maximum Gasteiger partial charge on any atom is 0.251 e. The topological polar surface area (TPSA) is 41.9 Å². The molecule has 2 heterocycles. The molecule has 5 rings (SSSR count). The van der Waals surface area contributed by atoms with Gasteiger partial charge >= 0.3 is 0 Å². The van der Waals surface area contributed by atoms with E-state index < -0.39 is 6.23 Å². The van der Waals surface area contributed by atoms with E-state index in [4.69, 9.17) is 33.0 Å². The van der Waals surface area contributed by atoms with Gasteiger partial charge in [-0.2, -0.15) is 5.10 Å². The van der Waals surface area contributed by atoms with E-state index in [2.05, 4.69) is 31.9 Å². The highest BCUT2D eigenvalue weighted by Gasteiger charge is 2.44. The minimum Gasteiger partial charge on any atom is -0.459 e. The Morgan fingerprint density at radius 1 is 1.00 bits per heavy atom. The molecule has 0 spiro atoms. The number of nitrogens with zero attached hydrogens (tertiary/aromatic N) is 2. The Morgan fingerprint density at radius 3 is 2.32 bits per heavy atom. The second kappa shape index (κ2) is 8.24. The van der Waals surface area contributed by atoms with Crippen LogP contribution in [0.1, 0.15) is 33.9 Å². The highest BCUT2D eigenvalue weighted by Crippen LogP contribution is 2.47. The van der Waals surface area contributed by atoms with E-state index in [0.717, 1.165) is 25.8 Å². The summed E-state index contributed by atoms with van der Waals surface area (Å²) in [5.74, 6) is 0.296. The molecule has 0 aromatic heterocycles. The third-order valence-electron chi connectivity index (χ3n) is 5.34. The summed E-state index contributed by atoms with van der Waals surface area (Å²) >= 11 is 19.6. The molecule has 0 saturated heterocycles. The molecule has 0 N–H and O–H groups in total. The minimum atomic E-state index is -0.926. The Hall–Kier alpha value is -1.86. The van der Waals surface area contributed by atoms with Crippen LogP contribution >= 0.6 is 55.1 Å². The molecule has 0 fully saturated rings. The zero-order chi connectivity index (χ0) is 21.7. The number of benzene rings is 3. The molecule has 0 unspecified atom stereocenters. The smallest absolute Gasteiger partial charge is 0.251 e. The monoisotopic (exact) mass is 578 g/mol. The first kappa shape index (κ1) is 21.0. The molecule has 156 valence electrons. The average molecular weight is 581 g/mol. The SMILES string of the molecule is O=C(c1ccc(Br)cc1)[C@H]1Oc2c(Cl)cc(Cl)cc2[C@@H]2CC(c3ccc(Br)cc3)=NN12. The van der Waals surface area contributed by atoms with Crippen LogP contribution in [0.15, 0.2) is 74.7 Å². The molecule has 3 aromatic rings. The number of hydrazone groups is 1. The van der Waals surface area contributed by atoms with Crippen molar-refractivity contribution in [1.29, 1.82) is 0 Å². The lowest BCUT2D eigenvalue weighted by atomic mass is 9.95. The first-order valence-electron chi connectivity index (χ1n) is 9.48. The normalized spacial score (nSPS) is 19.4. The molecule has 8 heteroatoms. The molecule has 0 radical (unpaired) electrons. The van der Waals surface area contributed by atoms with Crippen molar-refractivity contribution in [2.75, 3.05) is 0 Å². The number of halogens is 4. The first-order chi connectivity index (χ1) is 14.9. The van der Waals surface area contributed by atoms with Gasteiger partial charge in [-0.3, -0.25) is 4.79 Å². The van der Waals surface area contributed by atoms with Crippen LogP contribution in [0.4, 0.5) is 0 Å². The Kier molecular flexibility index (Phi) is 5.59. The van der Waals surface area contributed by atoms with Crippen LogP contribution in [-0.4, -0.2) is 22.7 Å². The van der Waals surface area contributed by atoms with Crippen molar-refractivity contribution in [3.05, 3.63) is 96.3 Å². The lowest BCUT2D eigenvalue weighted by molar-refractivity contribution is -0.00448. The van der Waals surface area contributed by atoms with Crippen molar-refractivity contribution in [3.8, 4) is 5.75 Å². The quantitative estimate of drug-likeness (QED) is 0.306. The van der Waals surface area contributed by atoms with Gasteiger partial charge in [-0.15, -0.1) is 0 Å². The van der Waals surface area contributed by atoms with Crippen molar-refractivity contribution in [3.63, 3.8) is 0 Å². The number of hydrogen-bond donors (Lipinski definition) is 0. The minimum absolute atomic E-state index is 0.185. The third kappa shape index (κ3) is 3.91. The van der Waals surface area contributed by atoms with Gasteiger partial charge in [0.25, 0.3) is 6.23 Å². The van der Waals surface area contributed by atoms with Gasteiger partial charge in [-0.1, -0.05) is 79.3 Å². The average Bonchev–Trinajstić information content (AvgIpc) is 3.19. The van der Waals surface area contributed by atoms with Crippen molar-refractivity contribution >= 4 is 66.6 Å². The lowest BCUT2D eigenvalue weighted by Gasteiger charge is -2.37. The zero-order valence-electron chi connectivity index (χ0n) is 15.9. The Morgan fingerprint density at radius 2 is 1.65 bits per heavy atom. The number of rotatable bonds is 3. The van der Waals surface area contributed by atoms with Crippen molar-refractivity contribution < 1.29 is 9.53 Å². The Balaban J connectivity index is 1.59. The summed E-state index contributed by atoms with van der Waals surface area (Å²) in [4.78, 5) is 13.4. The van der Waals surface area contributed by atoms with E-state index >= 15 is 0 Å². The molecule has 0 amide bonds. The summed E-state index contributed by atoms with van der Waals surface area (Å²) in [6, 6.07) is 18.4. The second-order valence-electron chi connectivity index (χ2n) is 7.30. The summed E-state index contributed by atoms with van der Waals surface area (Å²) in [5.41, 5.74) is 3.22. The summed E-state index contributed by atoms with van der Waals surface area (Å²) in [6.45, 7) is 0. The molecule has 2 atom stereocenters. The summed E-state index contributed by atoms with van der Waals surface area (Å²) in [6.07, 6.45) is -0.316. The number of ether oxygens (including phenoxy) is 1. The standard InChI is InChI=1S/C23H14Br2Cl2N2O2/c24-14-5-1-12(2-6-14)19-11-20-17-9-16(26)10-18(27)22(17)31-23(29(20)28-19)21(30)13-3-7-15(25)8-4-13/h1-10,20,23H,11H2/t20-,23+/m0/s1. The van der Waals surface area contributed by atoms with Gasteiger partial charge in [-0.25, -0.2) is 5.01 Å². The number of ketones is 1. The van der Waals surface area contributed by atoms with Crippen LogP contribution in [0.3, 0.4) is 0 Å². The van der Waals surface area contributed by atoms with Gasteiger partial charge < -0.3 is 4.74 Å². The van der Waals surface area contributed by atoms with Gasteiger partial charge in [0.15, 0.2) is 0 Å². The van der Waals surface area contributed by atoms with Crippen LogP contribution < -0.4 is 4.74 Å². The zero-order valence-corrected chi connectivity index (χ0v) is 20.5. The fourth-order valence-corrected chi connectivity index (χ4v) is 4.94. The van der Waals surface area contributed by atoms with E-state index in [1.165, 1.54) is 0 Å². The maximum absolute atomic E-state index is 13.4. The Labute approximate surface area is 206 Å². The fraction of sp³-hybridized carbons (Fsp3) is 0.130. The Bertz CT molecular complexity index is 1210. The number of carbonyl (C=O) groups is 1. The van der Waals surface area contributed by atoms with Gasteiger partial charge in [-0.05, 0) is 42.0 Å². The summed E-state index contributed by atoms with van der Waals surface area (Å²) in [7, 11) is 0. The summed E-state index contributed by atoms with van der Waals surface area (Å²) in [5, 5.41) is 7.44. The maximum atomic E-state index is 13.4. The molecular formula is C23H14Br2Cl2N2O2. The molecule has 31 heavy (non-hydrogen) atoms. The van der Waals surface area contributed by atoms with Gasteiger partial charge in [0.1, 0.15) is 5.75 Å². The van der Waals surface area contributed by atoms with Crippen LogP contribution in [0.5, 0.6) is 5.75 Å². The fourth-order valence-electron chi connectivity index (χ4n) is 3.86. The molecule has 3 aromatic carbocycles. The molecular weight excluding hydrogens is 567 g/mol. The van der Waals surface area contributed by atoms with E-state index in [-0.39, 0.29) is 11.8 Å². The highest BCUT2D eigenvalue weighted by molar-refractivity contribution is 9.10. The van der Waals surface area contributed by atoms with Crippen molar-refractivity contribution in [2.45, 2.75) is 18.7 Å². The lowest BCUT2D eigenvalue weighted by Crippen LogP contribution is -2.46. The summed E-state index contributed by atoms with van der Waals surface area (Å²) < 4.78 is 8.02. The molecule has 0 aliphatic carbocycles. The first-order valence-corrected chi connectivity index (χ1v) is 11.8. The number of fused-ring (bicyclic) bond motifs is 3. The molecule has 2 aliphatic rings. The van der Waals surface area contributed by atoms with Crippen molar-refractivity contribution in [2.24, 2.45) is 5.10 Å². The molecule has 0 bridgehead atoms. The predicted molar refractivity (Wildman–Crippen MR) is 129 cm³/mol. The molecule has 0 saturated carbocycles. The number of carbonyl (C=O) groups excluding carboxylic acids is 1.